The van der Waals surface area contributed by atoms with Gasteiger partial charge >= 0.3 is 0 Å². The molecule has 0 unspecified atom stereocenters. The van der Waals surface area contributed by atoms with E-state index in [1.54, 1.807) is 11.8 Å². The summed E-state index contributed by atoms with van der Waals surface area (Å²) in [6.07, 6.45) is 2.18. The molecule has 0 aliphatic carbocycles. The highest BCUT2D eigenvalue weighted by molar-refractivity contribution is 5.78. The first-order valence-corrected chi connectivity index (χ1v) is 6.72. The molecule has 1 amide bonds. The van der Waals surface area contributed by atoms with Gasteiger partial charge in [0.05, 0.1) is 18.7 Å². The molecule has 0 aromatic heterocycles. The molecule has 1 aliphatic heterocycles. The number of carbonyl (C=O) groups is 1. The summed E-state index contributed by atoms with van der Waals surface area (Å²) in [5.41, 5.74) is 0.553. The Balaban J connectivity index is 1.77. The van der Waals surface area contributed by atoms with Crippen molar-refractivity contribution in [2.24, 2.45) is 0 Å². The van der Waals surface area contributed by atoms with Crippen LogP contribution in [0.5, 0.6) is 5.75 Å². The molecule has 0 atom stereocenters. The fourth-order valence-electron chi connectivity index (χ4n) is 2.23. The second-order valence-corrected chi connectivity index (χ2v) is 5.43. The smallest absolute Gasteiger partial charge is 0.260 e. The van der Waals surface area contributed by atoms with Crippen molar-refractivity contribution in [1.82, 2.24) is 4.90 Å². The van der Waals surface area contributed by atoms with Crippen LogP contribution in [0, 0.1) is 0 Å². The van der Waals surface area contributed by atoms with Gasteiger partial charge in [0, 0.05) is 0 Å². The molecule has 19 heavy (non-hydrogen) atoms. The number of amides is 1. The molecular weight excluding hydrogens is 242 g/mol. The first-order chi connectivity index (χ1) is 9.00. The van der Waals surface area contributed by atoms with Crippen LogP contribution < -0.4 is 4.74 Å². The lowest BCUT2D eigenvalue weighted by Gasteiger charge is -2.43. The molecule has 1 aromatic carbocycles. The monoisotopic (exact) mass is 263 g/mol. The normalized spacial score (nSPS) is 16.9. The van der Waals surface area contributed by atoms with E-state index in [0.717, 1.165) is 12.8 Å². The van der Waals surface area contributed by atoms with Crippen LogP contribution in [0.25, 0.3) is 0 Å². The lowest BCUT2D eigenvalue weighted by atomic mass is 9.97. The molecule has 1 aromatic rings. The third kappa shape index (κ3) is 3.70. The molecule has 0 spiro atoms. The Morgan fingerprint density at radius 3 is 2.53 bits per heavy atom. The fourth-order valence-corrected chi connectivity index (χ4v) is 2.23. The van der Waals surface area contributed by atoms with E-state index in [9.17, 15) is 9.90 Å². The zero-order valence-corrected chi connectivity index (χ0v) is 11.6. The van der Waals surface area contributed by atoms with Crippen LogP contribution in [0.4, 0.5) is 0 Å². The number of hydrogen-bond donors (Lipinski definition) is 1. The molecule has 1 fully saturated rings. The van der Waals surface area contributed by atoms with Gasteiger partial charge in [0.1, 0.15) is 5.75 Å². The lowest BCUT2D eigenvalue weighted by Crippen LogP contribution is -2.62. The van der Waals surface area contributed by atoms with E-state index in [1.807, 2.05) is 24.3 Å². The number of ether oxygens (including phenoxy) is 1. The van der Waals surface area contributed by atoms with Gasteiger partial charge in [0.25, 0.3) is 5.91 Å². The van der Waals surface area contributed by atoms with Gasteiger partial charge in [0.15, 0.2) is 6.61 Å². The van der Waals surface area contributed by atoms with Crippen LogP contribution >= 0.6 is 0 Å². The minimum Gasteiger partial charge on any atom is -0.484 e. The first kappa shape index (κ1) is 13.9. The fraction of sp³-hybridized carbons (Fsp3) is 0.533. The summed E-state index contributed by atoms with van der Waals surface area (Å²) in [6.45, 7) is 4.69. The highest BCUT2D eigenvalue weighted by Gasteiger charge is 2.39. The summed E-state index contributed by atoms with van der Waals surface area (Å²) < 4.78 is 5.45. The number of hydrogen-bond acceptors (Lipinski definition) is 3. The molecule has 0 bridgehead atoms. The van der Waals surface area contributed by atoms with Crippen LogP contribution in [0.1, 0.15) is 25.8 Å². The number of carbonyl (C=O) groups excluding carboxylic acids is 1. The summed E-state index contributed by atoms with van der Waals surface area (Å²) in [5, 5.41) is 9.56. The molecule has 0 saturated carbocycles. The van der Waals surface area contributed by atoms with Crippen LogP contribution in [-0.4, -0.2) is 41.2 Å². The van der Waals surface area contributed by atoms with Crippen molar-refractivity contribution in [3.63, 3.8) is 0 Å². The van der Waals surface area contributed by atoms with Crippen LogP contribution in [0.2, 0.25) is 0 Å². The van der Waals surface area contributed by atoms with Crippen molar-refractivity contribution in [2.75, 3.05) is 19.7 Å². The summed E-state index contributed by atoms with van der Waals surface area (Å²) in [4.78, 5) is 13.3. The van der Waals surface area contributed by atoms with Crippen molar-refractivity contribution in [3.05, 3.63) is 29.8 Å². The van der Waals surface area contributed by atoms with E-state index < -0.39 is 5.60 Å². The molecule has 1 saturated heterocycles. The third-order valence-corrected chi connectivity index (χ3v) is 3.24. The summed E-state index contributed by atoms with van der Waals surface area (Å²) in [7, 11) is 0. The molecule has 104 valence electrons. The summed E-state index contributed by atoms with van der Waals surface area (Å²) in [5.74, 6) is 0.629. The first-order valence-electron chi connectivity index (χ1n) is 6.72. The number of nitrogens with zero attached hydrogens (tertiary/aromatic N) is 1. The summed E-state index contributed by atoms with van der Waals surface area (Å²) in [6, 6.07) is 7.84. The zero-order valence-electron chi connectivity index (χ0n) is 11.6. The average Bonchev–Trinajstić information content (AvgIpc) is 2.35. The van der Waals surface area contributed by atoms with Crippen molar-refractivity contribution in [2.45, 2.75) is 32.3 Å². The van der Waals surface area contributed by atoms with Crippen molar-refractivity contribution in [3.8, 4) is 5.75 Å². The standard InChI is InChI=1S/C15H21NO3/c1-3-4-12-5-7-13(8-6-12)19-9-14(17)16-10-15(2,18)11-16/h5-8,18H,3-4,9-11H2,1-2H3. The molecule has 1 aliphatic rings. The largest absolute Gasteiger partial charge is 0.484 e. The Morgan fingerprint density at radius 2 is 2.00 bits per heavy atom. The number of rotatable bonds is 5. The summed E-state index contributed by atoms with van der Waals surface area (Å²) >= 11 is 0. The molecular formula is C15H21NO3. The van der Waals surface area contributed by atoms with Gasteiger partial charge in [-0.15, -0.1) is 0 Å². The van der Waals surface area contributed by atoms with E-state index in [4.69, 9.17) is 4.74 Å². The van der Waals surface area contributed by atoms with E-state index in [2.05, 4.69) is 6.92 Å². The quantitative estimate of drug-likeness (QED) is 0.878. The predicted molar refractivity (Wildman–Crippen MR) is 73.1 cm³/mol. The zero-order chi connectivity index (χ0) is 13.9. The Bertz CT molecular complexity index is 431. The van der Waals surface area contributed by atoms with Crippen LogP contribution in [0.3, 0.4) is 0 Å². The minimum atomic E-state index is -0.725. The Kier molecular flexibility index (Phi) is 4.10. The van der Waals surface area contributed by atoms with E-state index in [1.165, 1.54) is 5.56 Å². The van der Waals surface area contributed by atoms with Gasteiger partial charge in [-0.1, -0.05) is 25.5 Å². The van der Waals surface area contributed by atoms with Gasteiger partial charge in [0.2, 0.25) is 0 Å². The van der Waals surface area contributed by atoms with Gasteiger partial charge in [-0.25, -0.2) is 0 Å². The lowest BCUT2D eigenvalue weighted by molar-refractivity contribution is -0.154. The van der Waals surface area contributed by atoms with Gasteiger partial charge in [-0.3, -0.25) is 4.79 Å². The minimum absolute atomic E-state index is 0.0310. The maximum Gasteiger partial charge on any atom is 0.260 e. The molecule has 4 heteroatoms. The van der Waals surface area contributed by atoms with Gasteiger partial charge < -0.3 is 14.7 Å². The Labute approximate surface area is 114 Å². The van der Waals surface area contributed by atoms with Crippen molar-refractivity contribution < 1.29 is 14.6 Å². The maximum absolute atomic E-state index is 11.7. The predicted octanol–water partition coefficient (Wildman–Crippen LogP) is 1.61. The second kappa shape index (κ2) is 5.61. The van der Waals surface area contributed by atoms with Crippen molar-refractivity contribution >= 4 is 5.91 Å². The number of likely N-dealkylation sites (tertiary alicyclic amines) is 1. The van der Waals surface area contributed by atoms with Crippen LogP contribution in [-0.2, 0) is 11.2 Å². The van der Waals surface area contributed by atoms with Crippen LogP contribution in [0.15, 0.2) is 24.3 Å². The average molecular weight is 263 g/mol. The highest BCUT2D eigenvalue weighted by atomic mass is 16.5. The van der Waals surface area contributed by atoms with Gasteiger partial charge in [-0.05, 0) is 31.0 Å². The number of aryl methyl sites for hydroxylation is 1. The Morgan fingerprint density at radius 1 is 1.37 bits per heavy atom. The highest BCUT2D eigenvalue weighted by Crippen LogP contribution is 2.20. The number of aliphatic hydroxyl groups is 1. The molecule has 1 N–H and O–H groups in total. The molecule has 1 heterocycles. The van der Waals surface area contributed by atoms with E-state index >= 15 is 0 Å². The SMILES string of the molecule is CCCc1ccc(OCC(=O)N2CC(C)(O)C2)cc1. The van der Waals surface area contributed by atoms with E-state index in [-0.39, 0.29) is 12.5 Å². The van der Waals surface area contributed by atoms with E-state index in [0.29, 0.717) is 18.8 Å². The maximum atomic E-state index is 11.7. The van der Waals surface area contributed by atoms with Crippen molar-refractivity contribution in [1.29, 1.82) is 0 Å². The number of benzene rings is 1. The molecule has 0 radical (unpaired) electrons. The molecule has 2 rings (SSSR count). The topological polar surface area (TPSA) is 49.8 Å². The molecule has 4 nitrogen and oxygen atoms in total. The van der Waals surface area contributed by atoms with Gasteiger partial charge in [-0.2, -0.15) is 0 Å². The third-order valence-electron chi connectivity index (χ3n) is 3.24. The number of β-amino-alcohol motifs (C(OH)–C–C–N with tert-alkyl or cyclic N) is 1. The second-order valence-electron chi connectivity index (χ2n) is 5.43. The Hall–Kier alpha value is -1.55.